The second kappa shape index (κ2) is 5.41. The Balaban J connectivity index is 2.73. The predicted octanol–water partition coefficient (Wildman–Crippen LogP) is 3.61. The fourth-order valence-electron chi connectivity index (χ4n) is 2.32. The summed E-state index contributed by atoms with van der Waals surface area (Å²) < 4.78 is 19.0. The maximum Gasteiger partial charge on any atom is 0.132 e. The maximum absolute atomic E-state index is 13.7. The molecule has 2 aromatic rings. The molecular formula is C16H17FO2. The quantitative estimate of drug-likeness (QED) is 0.913. The first-order chi connectivity index (χ1) is 9.08. The fourth-order valence-corrected chi connectivity index (χ4v) is 2.32. The third-order valence-electron chi connectivity index (χ3n) is 3.29. The van der Waals surface area contributed by atoms with E-state index in [2.05, 4.69) is 0 Å². The van der Waals surface area contributed by atoms with Crippen molar-refractivity contribution in [1.82, 2.24) is 0 Å². The molecule has 0 spiro atoms. The molecule has 0 unspecified atom stereocenters. The van der Waals surface area contributed by atoms with Crippen molar-refractivity contribution in [2.75, 3.05) is 7.11 Å². The SMILES string of the molecule is COc1cc(F)c(CO)cc1-c1c(C)cccc1C. The molecule has 0 heterocycles. The zero-order valence-electron chi connectivity index (χ0n) is 11.3. The largest absolute Gasteiger partial charge is 0.496 e. The van der Waals surface area contributed by atoms with Crippen LogP contribution in [0.3, 0.4) is 0 Å². The minimum Gasteiger partial charge on any atom is -0.496 e. The van der Waals surface area contributed by atoms with Gasteiger partial charge >= 0.3 is 0 Å². The molecule has 0 aliphatic heterocycles. The van der Waals surface area contributed by atoms with Gasteiger partial charge in [0.05, 0.1) is 13.7 Å². The molecule has 3 heteroatoms. The molecule has 0 saturated carbocycles. The van der Waals surface area contributed by atoms with Gasteiger partial charge in [-0.1, -0.05) is 18.2 Å². The average molecular weight is 260 g/mol. The summed E-state index contributed by atoms with van der Waals surface area (Å²) in [4.78, 5) is 0. The van der Waals surface area contributed by atoms with Gasteiger partial charge in [0.1, 0.15) is 11.6 Å². The summed E-state index contributed by atoms with van der Waals surface area (Å²) in [5.41, 5.74) is 4.29. The molecule has 2 aromatic carbocycles. The van der Waals surface area contributed by atoms with Crippen LogP contribution in [0.1, 0.15) is 16.7 Å². The maximum atomic E-state index is 13.7. The number of aliphatic hydroxyl groups excluding tert-OH is 1. The summed E-state index contributed by atoms with van der Waals surface area (Å²) in [6, 6.07) is 8.97. The summed E-state index contributed by atoms with van der Waals surface area (Å²) in [5, 5.41) is 9.21. The molecule has 1 N–H and O–H groups in total. The van der Waals surface area contributed by atoms with E-state index >= 15 is 0 Å². The van der Waals surface area contributed by atoms with E-state index in [1.54, 1.807) is 6.07 Å². The minimum absolute atomic E-state index is 0.276. The summed E-state index contributed by atoms with van der Waals surface area (Å²) in [6.07, 6.45) is 0. The van der Waals surface area contributed by atoms with Crippen molar-refractivity contribution in [3.63, 3.8) is 0 Å². The molecule has 0 radical (unpaired) electrons. The molecule has 0 aliphatic rings. The molecule has 0 amide bonds. The van der Waals surface area contributed by atoms with E-state index in [1.807, 2.05) is 32.0 Å². The van der Waals surface area contributed by atoms with Gasteiger partial charge in [0, 0.05) is 17.2 Å². The molecule has 0 bridgehead atoms. The molecule has 2 rings (SSSR count). The number of ether oxygens (including phenoxy) is 1. The van der Waals surface area contributed by atoms with Gasteiger partial charge in [-0.25, -0.2) is 4.39 Å². The number of benzene rings is 2. The lowest BCUT2D eigenvalue weighted by atomic mass is 9.94. The highest BCUT2D eigenvalue weighted by Gasteiger charge is 2.14. The first-order valence-corrected chi connectivity index (χ1v) is 6.12. The molecule has 0 saturated heterocycles. The number of halogens is 1. The van der Waals surface area contributed by atoms with Crippen LogP contribution in [0.2, 0.25) is 0 Å². The van der Waals surface area contributed by atoms with Crippen LogP contribution >= 0.6 is 0 Å². The number of aliphatic hydroxyl groups is 1. The van der Waals surface area contributed by atoms with Gasteiger partial charge < -0.3 is 9.84 Å². The smallest absolute Gasteiger partial charge is 0.132 e. The first-order valence-electron chi connectivity index (χ1n) is 6.12. The second-order valence-electron chi connectivity index (χ2n) is 4.57. The van der Waals surface area contributed by atoms with Crippen molar-refractivity contribution >= 4 is 0 Å². The van der Waals surface area contributed by atoms with E-state index in [1.165, 1.54) is 13.2 Å². The van der Waals surface area contributed by atoms with E-state index in [4.69, 9.17) is 4.74 Å². The van der Waals surface area contributed by atoms with Gasteiger partial charge in [-0.3, -0.25) is 0 Å². The molecule has 19 heavy (non-hydrogen) atoms. The Hall–Kier alpha value is -1.87. The fraction of sp³-hybridized carbons (Fsp3) is 0.250. The lowest BCUT2D eigenvalue weighted by Gasteiger charge is -2.15. The minimum atomic E-state index is -0.450. The standard InChI is InChI=1S/C16H17FO2/c1-10-5-4-6-11(2)16(10)13-7-12(9-18)14(17)8-15(13)19-3/h4-8,18H,9H2,1-3H3. The van der Waals surface area contributed by atoms with Crippen LogP contribution in [0.5, 0.6) is 5.75 Å². The van der Waals surface area contributed by atoms with Crippen LogP contribution in [-0.4, -0.2) is 12.2 Å². The van der Waals surface area contributed by atoms with Crippen molar-refractivity contribution in [3.8, 4) is 16.9 Å². The van der Waals surface area contributed by atoms with Gasteiger partial charge in [-0.2, -0.15) is 0 Å². The third kappa shape index (κ3) is 2.47. The molecule has 0 fully saturated rings. The van der Waals surface area contributed by atoms with Crippen LogP contribution in [0.15, 0.2) is 30.3 Å². The Kier molecular flexibility index (Phi) is 3.86. The van der Waals surface area contributed by atoms with Gasteiger partial charge in [-0.15, -0.1) is 0 Å². The first kappa shape index (κ1) is 13.6. The lowest BCUT2D eigenvalue weighted by molar-refractivity contribution is 0.275. The zero-order chi connectivity index (χ0) is 14.0. The highest BCUT2D eigenvalue weighted by molar-refractivity contribution is 5.76. The zero-order valence-corrected chi connectivity index (χ0v) is 11.3. The topological polar surface area (TPSA) is 29.5 Å². The van der Waals surface area contributed by atoms with Crippen LogP contribution in [0.4, 0.5) is 4.39 Å². The number of hydrogen-bond donors (Lipinski definition) is 1. The summed E-state index contributed by atoms with van der Waals surface area (Å²) >= 11 is 0. The van der Waals surface area contributed by atoms with Crippen molar-refractivity contribution in [3.05, 3.63) is 52.8 Å². The predicted molar refractivity (Wildman–Crippen MR) is 73.8 cm³/mol. The third-order valence-corrected chi connectivity index (χ3v) is 3.29. The van der Waals surface area contributed by atoms with E-state index in [-0.39, 0.29) is 12.2 Å². The highest BCUT2D eigenvalue weighted by Crippen LogP contribution is 2.36. The Morgan fingerprint density at radius 1 is 1.16 bits per heavy atom. The van der Waals surface area contributed by atoms with Gasteiger partial charge in [0.25, 0.3) is 0 Å². The van der Waals surface area contributed by atoms with Gasteiger partial charge in [-0.05, 0) is 36.6 Å². The van der Waals surface area contributed by atoms with Crippen LogP contribution < -0.4 is 4.74 Å². The van der Waals surface area contributed by atoms with E-state index in [9.17, 15) is 9.50 Å². The van der Waals surface area contributed by atoms with Crippen LogP contribution in [-0.2, 0) is 6.61 Å². The molecular weight excluding hydrogens is 243 g/mol. The van der Waals surface area contributed by atoms with Crippen LogP contribution in [0, 0.1) is 19.7 Å². The normalized spacial score (nSPS) is 10.6. The Labute approximate surface area is 112 Å². The lowest BCUT2D eigenvalue weighted by Crippen LogP contribution is -1.97. The van der Waals surface area contributed by atoms with Crippen LogP contribution in [0.25, 0.3) is 11.1 Å². The molecule has 0 atom stereocenters. The van der Waals surface area contributed by atoms with Crippen molar-refractivity contribution in [2.45, 2.75) is 20.5 Å². The second-order valence-corrected chi connectivity index (χ2v) is 4.57. The number of rotatable bonds is 3. The number of methoxy groups -OCH3 is 1. The van der Waals surface area contributed by atoms with Crippen molar-refractivity contribution in [1.29, 1.82) is 0 Å². The van der Waals surface area contributed by atoms with Gasteiger partial charge in [0.15, 0.2) is 0 Å². The number of hydrogen-bond acceptors (Lipinski definition) is 2. The molecule has 100 valence electrons. The average Bonchev–Trinajstić information content (AvgIpc) is 2.39. The molecule has 0 aromatic heterocycles. The van der Waals surface area contributed by atoms with Crippen molar-refractivity contribution < 1.29 is 14.2 Å². The van der Waals surface area contributed by atoms with E-state index in [0.717, 1.165) is 22.3 Å². The molecule has 2 nitrogen and oxygen atoms in total. The highest BCUT2D eigenvalue weighted by atomic mass is 19.1. The van der Waals surface area contributed by atoms with E-state index < -0.39 is 5.82 Å². The van der Waals surface area contributed by atoms with Crippen molar-refractivity contribution in [2.24, 2.45) is 0 Å². The Morgan fingerprint density at radius 3 is 2.32 bits per heavy atom. The summed E-state index contributed by atoms with van der Waals surface area (Å²) in [5.74, 6) is 0.0291. The monoisotopic (exact) mass is 260 g/mol. The van der Waals surface area contributed by atoms with Gasteiger partial charge in [0.2, 0.25) is 0 Å². The molecule has 0 aliphatic carbocycles. The number of aryl methyl sites for hydroxylation is 2. The Bertz CT molecular complexity index is 586. The Morgan fingerprint density at radius 2 is 1.79 bits per heavy atom. The summed E-state index contributed by atoms with van der Waals surface area (Å²) in [7, 11) is 1.52. The summed E-state index contributed by atoms with van der Waals surface area (Å²) in [6.45, 7) is 3.68. The van der Waals surface area contributed by atoms with E-state index in [0.29, 0.717) is 5.75 Å².